The molecule has 1 aromatic heterocycles. The lowest BCUT2D eigenvalue weighted by atomic mass is 10.1. The first-order valence-electron chi connectivity index (χ1n) is 9.04. The molecule has 0 fully saturated rings. The number of ether oxygens (including phenoxy) is 1. The van der Waals surface area contributed by atoms with Crippen molar-refractivity contribution in [3.8, 4) is 5.75 Å². The zero-order chi connectivity index (χ0) is 20.3. The van der Waals surface area contributed by atoms with E-state index in [4.69, 9.17) is 20.9 Å². The molecule has 1 atom stereocenters. The van der Waals surface area contributed by atoms with Gasteiger partial charge in [0, 0.05) is 17.6 Å². The molecule has 0 spiro atoms. The number of carbonyl (C=O) groups excluding carboxylic acids is 1. The largest absolute Gasteiger partial charge is 0.489 e. The third kappa shape index (κ3) is 4.37. The summed E-state index contributed by atoms with van der Waals surface area (Å²) in [4.78, 5) is 14.5. The molecular weight excluding hydrogens is 376 g/mol. The summed E-state index contributed by atoms with van der Waals surface area (Å²) < 4.78 is 10.9. The van der Waals surface area contributed by atoms with Crippen LogP contribution in [0, 0.1) is 13.8 Å². The van der Waals surface area contributed by atoms with E-state index in [0.29, 0.717) is 22.9 Å². The van der Waals surface area contributed by atoms with Gasteiger partial charge in [-0.15, -0.1) is 0 Å². The molecule has 1 amide bonds. The van der Waals surface area contributed by atoms with Crippen LogP contribution in [0.3, 0.4) is 0 Å². The number of rotatable bonds is 6. The molecule has 3 rings (SSSR count). The lowest BCUT2D eigenvalue weighted by molar-refractivity contribution is 0.0742. The van der Waals surface area contributed by atoms with Crippen LogP contribution in [0.4, 0.5) is 0 Å². The minimum Gasteiger partial charge on any atom is -0.489 e. The van der Waals surface area contributed by atoms with Gasteiger partial charge >= 0.3 is 0 Å². The van der Waals surface area contributed by atoms with Gasteiger partial charge < -0.3 is 14.2 Å². The summed E-state index contributed by atoms with van der Waals surface area (Å²) in [6.45, 7) is 6.11. The van der Waals surface area contributed by atoms with E-state index in [1.54, 1.807) is 36.2 Å². The van der Waals surface area contributed by atoms with Crippen molar-refractivity contribution >= 4 is 17.5 Å². The van der Waals surface area contributed by atoms with Crippen molar-refractivity contribution in [2.75, 3.05) is 7.05 Å². The first kappa shape index (κ1) is 20.0. The Bertz CT molecular complexity index is 929. The molecule has 2 aromatic carbocycles. The Labute approximate surface area is 169 Å². The predicted octanol–water partition coefficient (Wildman–Crippen LogP) is 5.36. The first-order chi connectivity index (χ1) is 13.4. The fraction of sp³-hybridized carbons (Fsp3) is 0.273. The highest BCUT2D eigenvalue weighted by atomic mass is 35.5. The number of aromatic nitrogens is 1. The first-order valence-corrected chi connectivity index (χ1v) is 9.42. The van der Waals surface area contributed by atoms with Gasteiger partial charge in [-0.1, -0.05) is 28.9 Å². The minimum absolute atomic E-state index is 0.0558. The summed E-state index contributed by atoms with van der Waals surface area (Å²) in [5, 5.41) is 4.60. The number of carbonyl (C=O) groups is 1. The summed E-state index contributed by atoms with van der Waals surface area (Å²) in [6, 6.07) is 14.6. The Hall–Kier alpha value is -2.79. The summed E-state index contributed by atoms with van der Waals surface area (Å²) in [6.07, 6.45) is 0. The van der Waals surface area contributed by atoms with Crippen molar-refractivity contribution in [3.05, 3.63) is 81.7 Å². The van der Waals surface area contributed by atoms with Crippen molar-refractivity contribution < 1.29 is 14.1 Å². The van der Waals surface area contributed by atoms with Crippen LogP contribution in [0.2, 0.25) is 5.02 Å². The van der Waals surface area contributed by atoms with Crippen LogP contribution in [0.25, 0.3) is 0 Å². The van der Waals surface area contributed by atoms with Crippen molar-refractivity contribution in [2.45, 2.75) is 33.4 Å². The second-order valence-corrected chi connectivity index (χ2v) is 7.20. The van der Waals surface area contributed by atoms with Gasteiger partial charge in [0.05, 0.1) is 17.3 Å². The number of nitrogens with zero attached hydrogens (tertiary/aromatic N) is 2. The highest BCUT2D eigenvalue weighted by molar-refractivity contribution is 6.30. The molecule has 0 aliphatic carbocycles. The van der Waals surface area contributed by atoms with E-state index in [0.717, 1.165) is 22.6 Å². The second kappa shape index (κ2) is 8.48. The molecule has 6 heteroatoms. The molecule has 3 aromatic rings. The summed E-state index contributed by atoms with van der Waals surface area (Å²) in [5.74, 6) is 1.38. The summed E-state index contributed by atoms with van der Waals surface area (Å²) >= 11 is 5.94. The number of halogens is 1. The van der Waals surface area contributed by atoms with Crippen LogP contribution in [0.1, 0.15) is 45.9 Å². The van der Waals surface area contributed by atoms with E-state index in [1.807, 2.05) is 45.0 Å². The number of benzene rings is 2. The molecule has 5 nitrogen and oxygen atoms in total. The lowest BCUT2D eigenvalue weighted by Gasteiger charge is -2.25. The van der Waals surface area contributed by atoms with E-state index in [2.05, 4.69) is 5.16 Å². The normalized spacial score (nSPS) is 11.9. The third-order valence-electron chi connectivity index (χ3n) is 4.92. The van der Waals surface area contributed by atoms with Crippen LogP contribution < -0.4 is 4.74 Å². The van der Waals surface area contributed by atoms with E-state index >= 15 is 0 Å². The number of amides is 1. The maximum Gasteiger partial charge on any atom is 0.254 e. The molecule has 0 saturated carbocycles. The maximum absolute atomic E-state index is 12.8. The monoisotopic (exact) mass is 398 g/mol. The van der Waals surface area contributed by atoms with Gasteiger partial charge in [-0.05, 0) is 62.7 Å². The van der Waals surface area contributed by atoms with Gasteiger partial charge in [-0.2, -0.15) is 0 Å². The zero-order valence-corrected chi connectivity index (χ0v) is 17.2. The highest BCUT2D eigenvalue weighted by Crippen LogP contribution is 2.23. The minimum atomic E-state index is -0.0692. The van der Waals surface area contributed by atoms with Crippen LogP contribution in [0.5, 0.6) is 5.75 Å². The Morgan fingerprint density at radius 2 is 1.79 bits per heavy atom. The molecule has 0 aliphatic rings. The number of hydrogen-bond acceptors (Lipinski definition) is 4. The Kier molecular flexibility index (Phi) is 6.05. The third-order valence-corrected chi connectivity index (χ3v) is 5.17. The lowest BCUT2D eigenvalue weighted by Crippen LogP contribution is -2.29. The molecule has 0 radical (unpaired) electrons. The highest BCUT2D eigenvalue weighted by Gasteiger charge is 2.19. The Morgan fingerprint density at radius 3 is 2.36 bits per heavy atom. The van der Waals surface area contributed by atoms with Crippen molar-refractivity contribution in [1.82, 2.24) is 10.1 Å². The molecule has 28 heavy (non-hydrogen) atoms. The number of aryl methyl sites for hydroxylation is 2. The number of hydrogen-bond donors (Lipinski definition) is 0. The molecule has 0 bridgehead atoms. The fourth-order valence-corrected chi connectivity index (χ4v) is 3.03. The van der Waals surface area contributed by atoms with E-state index in [1.165, 1.54) is 0 Å². The van der Waals surface area contributed by atoms with Gasteiger partial charge in [-0.3, -0.25) is 4.79 Å². The molecule has 0 unspecified atom stereocenters. The zero-order valence-electron chi connectivity index (χ0n) is 16.4. The summed E-state index contributed by atoms with van der Waals surface area (Å²) in [7, 11) is 1.80. The van der Waals surface area contributed by atoms with Crippen LogP contribution >= 0.6 is 11.6 Å². The quantitative estimate of drug-likeness (QED) is 0.561. The van der Waals surface area contributed by atoms with Crippen LogP contribution in [-0.2, 0) is 6.61 Å². The van der Waals surface area contributed by atoms with Gasteiger partial charge in [0.15, 0.2) is 0 Å². The topological polar surface area (TPSA) is 55.6 Å². The van der Waals surface area contributed by atoms with Gasteiger partial charge in [0.25, 0.3) is 5.91 Å². The Balaban J connectivity index is 1.65. The molecule has 0 N–H and O–H groups in total. The SMILES string of the molecule is Cc1noc(C)c1COc1ccc(C(=O)N(C)[C@H](C)c2ccc(Cl)cc2)cc1. The molecular formula is C22H23ClN2O3. The van der Waals surface area contributed by atoms with E-state index < -0.39 is 0 Å². The van der Waals surface area contributed by atoms with Crippen molar-refractivity contribution in [2.24, 2.45) is 0 Å². The standard InChI is InChI=1S/C22H23ClN2O3/c1-14-21(16(3)28-24-14)13-27-20-11-7-18(8-12-20)22(26)25(4)15(2)17-5-9-19(23)10-6-17/h5-12,15H,13H2,1-4H3/t15-/m1/s1. The van der Waals surface area contributed by atoms with Crippen LogP contribution in [0.15, 0.2) is 53.1 Å². The predicted molar refractivity (Wildman–Crippen MR) is 109 cm³/mol. The van der Waals surface area contributed by atoms with Gasteiger partial charge in [-0.25, -0.2) is 0 Å². The molecule has 146 valence electrons. The average molecular weight is 399 g/mol. The van der Waals surface area contributed by atoms with Crippen LogP contribution in [-0.4, -0.2) is 23.0 Å². The summed E-state index contributed by atoms with van der Waals surface area (Å²) in [5.41, 5.74) is 3.39. The van der Waals surface area contributed by atoms with Gasteiger partial charge in [0.1, 0.15) is 18.1 Å². The van der Waals surface area contributed by atoms with E-state index in [-0.39, 0.29) is 11.9 Å². The van der Waals surface area contributed by atoms with Crippen molar-refractivity contribution in [1.29, 1.82) is 0 Å². The molecule has 1 heterocycles. The van der Waals surface area contributed by atoms with Crippen molar-refractivity contribution in [3.63, 3.8) is 0 Å². The molecule has 0 saturated heterocycles. The molecule has 0 aliphatic heterocycles. The van der Waals surface area contributed by atoms with Gasteiger partial charge in [0.2, 0.25) is 0 Å². The maximum atomic E-state index is 12.8. The average Bonchev–Trinajstić information content (AvgIpc) is 3.03. The smallest absolute Gasteiger partial charge is 0.254 e. The second-order valence-electron chi connectivity index (χ2n) is 6.76. The Morgan fingerprint density at radius 1 is 1.14 bits per heavy atom. The fourth-order valence-electron chi connectivity index (χ4n) is 2.90. The van der Waals surface area contributed by atoms with E-state index in [9.17, 15) is 4.79 Å².